The molecule has 1 nitrogen and oxygen atoms in total. The monoisotopic (exact) mass is 194 g/mol. The van der Waals surface area contributed by atoms with Crippen molar-refractivity contribution < 1.29 is 9.50 Å². The van der Waals surface area contributed by atoms with Crippen LogP contribution in [0.2, 0.25) is 0 Å². The van der Waals surface area contributed by atoms with Gasteiger partial charge in [-0.2, -0.15) is 0 Å². The zero-order valence-electron chi connectivity index (χ0n) is 8.23. The van der Waals surface area contributed by atoms with Crippen LogP contribution in [0, 0.1) is 5.41 Å². The molecule has 74 valence electrons. The van der Waals surface area contributed by atoms with Crippen LogP contribution in [0.15, 0.2) is 0 Å². The summed E-state index contributed by atoms with van der Waals surface area (Å²) in [5, 5.41) is 7.25. The van der Waals surface area contributed by atoms with Gasteiger partial charge in [-0.3, -0.25) is 0 Å². The van der Waals surface area contributed by atoms with E-state index in [-0.39, 0.29) is 5.41 Å². The molecule has 0 aromatic heterocycles. The smallest absolute Gasteiger partial charge is 0.147 e. The van der Waals surface area contributed by atoms with E-state index in [4.69, 9.17) is 5.11 Å². The van der Waals surface area contributed by atoms with Gasteiger partial charge in [-0.1, -0.05) is 42.9 Å². The molecule has 0 heterocycles. The molecule has 0 aliphatic heterocycles. The zero-order valence-corrected chi connectivity index (χ0v) is 9.39. The third-order valence-electron chi connectivity index (χ3n) is 2.69. The second-order valence-corrected chi connectivity index (χ2v) is 4.92. The van der Waals surface area contributed by atoms with Gasteiger partial charge in [0.25, 0.3) is 0 Å². The van der Waals surface area contributed by atoms with Crippen LogP contribution in [0.1, 0.15) is 40.0 Å². The van der Waals surface area contributed by atoms with Crippen LogP contribution in [0.5, 0.6) is 0 Å². The number of hydrogen-bond acceptors (Lipinski definition) is 1. The lowest BCUT2D eigenvalue weighted by Crippen LogP contribution is -2.29. The molecule has 3 heteroatoms. The second-order valence-electron chi connectivity index (χ2n) is 3.89. The van der Waals surface area contributed by atoms with Crippen molar-refractivity contribution in [3.63, 3.8) is 0 Å². The van der Waals surface area contributed by atoms with Gasteiger partial charge < -0.3 is 5.11 Å². The Kier molecular flexibility index (Phi) is 4.65. The van der Waals surface area contributed by atoms with Crippen LogP contribution in [-0.4, -0.2) is 17.1 Å². The van der Waals surface area contributed by atoms with Gasteiger partial charge in [-0.15, -0.1) is 0 Å². The number of aliphatic hydroxyl groups is 1. The normalized spacial score (nSPS) is 17.5. The van der Waals surface area contributed by atoms with Crippen LogP contribution >= 0.6 is 9.24 Å². The zero-order chi connectivity index (χ0) is 9.83. The Morgan fingerprint density at radius 1 is 1.33 bits per heavy atom. The maximum Gasteiger partial charge on any atom is 0.147 e. The molecule has 0 rings (SSSR count). The number of hydrogen-bond donors (Lipinski definition) is 1. The fourth-order valence-corrected chi connectivity index (χ4v) is 1.76. The lowest BCUT2D eigenvalue weighted by molar-refractivity contribution is 0.0899. The lowest BCUT2D eigenvalue weighted by atomic mass is 9.80. The Balaban J connectivity index is 4.20. The van der Waals surface area contributed by atoms with Crippen molar-refractivity contribution in [3.8, 4) is 0 Å². The summed E-state index contributed by atoms with van der Waals surface area (Å²) < 4.78 is 13.4. The molecule has 2 atom stereocenters. The van der Waals surface area contributed by atoms with Crippen LogP contribution < -0.4 is 0 Å². The largest absolute Gasteiger partial charge is 0.393 e. The third-order valence-corrected chi connectivity index (χ3v) is 3.08. The minimum Gasteiger partial charge on any atom is -0.393 e. The highest BCUT2D eigenvalue weighted by Gasteiger charge is 2.32. The van der Waals surface area contributed by atoms with E-state index in [0.29, 0.717) is 6.42 Å². The van der Waals surface area contributed by atoms with Crippen LogP contribution in [-0.2, 0) is 0 Å². The maximum absolute atomic E-state index is 13.4. The summed E-state index contributed by atoms with van der Waals surface area (Å²) >= 11 is 0. The van der Waals surface area contributed by atoms with Crippen molar-refractivity contribution in [3.05, 3.63) is 0 Å². The molecule has 0 aromatic rings. The molecular weight excluding hydrogens is 174 g/mol. The first-order valence-corrected chi connectivity index (χ1v) is 5.05. The van der Waals surface area contributed by atoms with Gasteiger partial charge in [0.15, 0.2) is 0 Å². The van der Waals surface area contributed by atoms with Gasteiger partial charge in [0, 0.05) is 0 Å². The molecule has 2 unspecified atom stereocenters. The first-order valence-electron chi connectivity index (χ1n) is 4.48. The van der Waals surface area contributed by atoms with E-state index in [9.17, 15) is 4.39 Å². The predicted molar refractivity (Wildman–Crippen MR) is 53.9 cm³/mol. The van der Waals surface area contributed by atoms with Gasteiger partial charge >= 0.3 is 0 Å². The molecule has 12 heavy (non-hydrogen) atoms. The molecule has 1 N–H and O–H groups in total. The fraction of sp³-hybridized carbons (Fsp3) is 1.00. The van der Waals surface area contributed by atoms with Gasteiger partial charge in [-0.05, 0) is 11.8 Å². The van der Waals surface area contributed by atoms with Crippen molar-refractivity contribution in [2.75, 3.05) is 6.61 Å². The van der Waals surface area contributed by atoms with E-state index < -0.39 is 12.0 Å². The van der Waals surface area contributed by atoms with Crippen molar-refractivity contribution in [2.24, 2.45) is 5.41 Å². The molecule has 0 saturated carbocycles. The summed E-state index contributed by atoms with van der Waals surface area (Å²) in [5.41, 5.74) is 0.0131. The molecule has 0 aliphatic carbocycles. The topological polar surface area (TPSA) is 20.2 Å². The summed E-state index contributed by atoms with van der Waals surface area (Å²) in [7, 11) is 2.10. The average Bonchev–Trinajstić information content (AvgIpc) is 2.04. The SMILES string of the molecule is CCC(C)(CC)CC(F)(P)CO. The number of halogens is 1. The summed E-state index contributed by atoms with van der Waals surface area (Å²) in [6.45, 7) is 5.76. The standard InChI is InChI=1S/C9H20FOP/c1-4-8(3,5-2)6-9(10,12)7-11/h11H,4-7,12H2,1-3H3. The number of alkyl halides is 1. The Labute approximate surface area is 76.9 Å². The summed E-state index contributed by atoms with van der Waals surface area (Å²) in [5.74, 6) is 0. The van der Waals surface area contributed by atoms with Gasteiger partial charge in [0.2, 0.25) is 0 Å². The van der Waals surface area contributed by atoms with Crippen molar-refractivity contribution in [1.82, 2.24) is 0 Å². The summed E-state index contributed by atoms with van der Waals surface area (Å²) in [6, 6.07) is 0. The average molecular weight is 194 g/mol. The van der Waals surface area contributed by atoms with Crippen molar-refractivity contribution in [2.45, 2.75) is 45.4 Å². The Hall–Kier alpha value is 0.320. The molecule has 0 saturated heterocycles. The first-order chi connectivity index (χ1) is 5.39. The van der Waals surface area contributed by atoms with Crippen LogP contribution in [0.4, 0.5) is 4.39 Å². The molecule has 0 aromatic carbocycles. The van der Waals surface area contributed by atoms with Gasteiger partial charge in [0.05, 0.1) is 6.61 Å². The Morgan fingerprint density at radius 2 is 1.75 bits per heavy atom. The molecule has 0 aliphatic rings. The van der Waals surface area contributed by atoms with E-state index in [1.807, 2.05) is 0 Å². The quantitative estimate of drug-likeness (QED) is 0.667. The van der Waals surface area contributed by atoms with Crippen molar-refractivity contribution in [1.29, 1.82) is 0 Å². The number of aliphatic hydroxyl groups excluding tert-OH is 1. The van der Waals surface area contributed by atoms with E-state index >= 15 is 0 Å². The lowest BCUT2D eigenvalue weighted by Gasteiger charge is -2.32. The predicted octanol–water partition coefficient (Wildman–Crippen LogP) is 2.74. The van der Waals surface area contributed by atoms with E-state index in [1.165, 1.54) is 0 Å². The number of rotatable bonds is 5. The minimum absolute atomic E-state index is 0.0131. The van der Waals surface area contributed by atoms with Crippen LogP contribution in [0.3, 0.4) is 0 Å². The highest BCUT2D eigenvalue weighted by molar-refractivity contribution is 7.18. The highest BCUT2D eigenvalue weighted by atomic mass is 31.0. The van der Waals surface area contributed by atoms with E-state index in [1.54, 1.807) is 0 Å². The van der Waals surface area contributed by atoms with Gasteiger partial charge in [-0.25, -0.2) is 4.39 Å². The molecule has 0 amide bonds. The summed E-state index contributed by atoms with van der Waals surface area (Å²) in [4.78, 5) is 0. The highest BCUT2D eigenvalue weighted by Crippen LogP contribution is 2.39. The van der Waals surface area contributed by atoms with Crippen LogP contribution in [0.25, 0.3) is 0 Å². The molecule has 0 spiro atoms. The van der Waals surface area contributed by atoms with E-state index in [0.717, 1.165) is 12.8 Å². The molecular formula is C9H20FOP. The molecule has 0 fully saturated rings. The fourth-order valence-electron chi connectivity index (χ4n) is 1.27. The maximum atomic E-state index is 13.4. The summed E-state index contributed by atoms with van der Waals surface area (Å²) in [6.07, 6.45) is 2.31. The molecule has 0 radical (unpaired) electrons. The third kappa shape index (κ3) is 3.82. The minimum atomic E-state index is -1.50. The Morgan fingerprint density at radius 3 is 2.00 bits per heavy atom. The molecule has 0 bridgehead atoms. The first kappa shape index (κ1) is 12.3. The van der Waals surface area contributed by atoms with Crippen molar-refractivity contribution >= 4 is 9.24 Å². The van der Waals surface area contributed by atoms with Gasteiger partial charge in [0.1, 0.15) is 5.41 Å². The Bertz CT molecular complexity index is 132. The van der Waals surface area contributed by atoms with E-state index in [2.05, 4.69) is 30.0 Å². The second kappa shape index (κ2) is 4.53.